The Labute approximate surface area is 134 Å². The fraction of sp³-hybridized carbons (Fsp3) is 0.357. The lowest BCUT2D eigenvalue weighted by Gasteiger charge is -2.12. The van der Waals surface area contributed by atoms with Crippen molar-refractivity contribution in [3.8, 4) is 0 Å². The van der Waals surface area contributed by atoms with Gasteiger partial charge in [-0.1, -0.05) is 6.07 Å². The van der Waals surface area contributed by atoms with Crippen LogP contribution in [0.4, 0.5) is 11.4 Å². The summed E-state index contributed by atoms with van der Waals surface area (Å²) < 4.78 is 29.0. The zero-order valence-electron chi connectivity index (χ0n) is 13.3. The molecule has 0 aliphatic heterocycles. The Kier molecular flexibility index (Phi) is 4.42. The molecule has 0 aliphatic rings. The van der Waals surface area contributed by atoms with Gasteiger partial charge in [-0.3, -0.25) is 14.8 Å². The third-order valence-electron chi connectivity index (χ3n) is 3.53. The summed E-state index contributed by atoms with van der Waals surface area (Å²) in [4.78, 5) is 14.4. The average Bonchev–Trinajstić information content (AvgIpc) is 2.93. The molecular formula is C14H18N4O4S. The van der Waals surface area contributed by atoms with Crippen molar-refractivity contribution in [1.29, 1.82) is 0 Å². The molecule has 0 spiro atoms. The molecule has 1 aromatic carbocycles. The Morgan fingerprint density at radius 1 is 1.30 bits per heavy atom. The van der Waals surface area contributed by atoms with Crippen molar-refractivity contribution in [3.63, 3.8) is 0 Å². The van der Waals surface area contributed by atoms with Crippen molar-refractivity contribution in [1.82, 2.24) is 9.55 Å². The summed E-state index contributed by atoms with van der Waals surface area (Å²) in [6.07, 6.45) is 2.86. The third-order valence-corrected chi connectivity index (χ3v) is 4.76. The highest BCUT2D eigenvalue weighted by molar-refractivity contribution is 7.92. The van der Waals surface area contributed by atoms with Crippen LogP contribution in [0.25, 0.3) is 0 Å². The largest absolute Gasteiger partial charge is 0.334 e. The molecule has 9 heteroatoms. The van der Waals surface area contributed by atoms with Crippen LogP contribution in [0, 0.1) is 24.0 Å². The molecule has 0 unspecified atom stereocenters. The van der Waals surface area contributed by atoms with Gasteiger partial charge < -0.3 is 4.57 Å². The fourth-order valence-electron chi connectivity index (χ4n) is 2.12. The van der Waals surface area contributed by atoms with E-state index in [0.29, 0.717) is 5.56 Å². The van der Waals surface area contributed by atoms with Crippen LogP contribution in [0.3, 0.4) is 0 Å². The minimum atomic E-state index is -3.92. The average molecular weight is 338 g/mol. The first kappa shape index (κ1) is 16.9. The zero-order chi connectivity index (χ0) is 17.4. The van der Waals surface area contributed by atoms with Gasteiger partial charge in [-0.15, -0.1) is 0 Å². The highest BCUT2D eigenvalue weighted by Gasteiger charge is 2.23. The highest BCUT2D eigenvalue weighted by atomic mass is 32.2. The summed E-state index contributed by atoms with van der Waals surface area (Å²) >= 11 is 0. The van der Waals surface area contributed by atoms with E-state index < -0.39 is 14.9 Å². The molecule has 124 valence electrons. The van der Waals surface area contributed by atoms with Crippen LogP contribution in [-0.2, 0) is 10.0 Å². The van der Waals surface area contributed by atoms with E-state index >= 15 is 0 Å². The van der Waals surface area contributed by atoms with Crippen LogP contribution in [0.1, 0.15) is 31.0 Å². The van der Waals surface area contributed by atoms with E-state index in [-0.39, 0.29) is 28.0 Å². The maximum absolute atomic E-state index is 12.5. The van der Waals surface area contributed by atoms with Crippen molar-refractivity contribution in [2.24, 2.45) is 0 Å². The fourth-order valence-corrected chi connectivity index (χ4v) is 3.25. The predicted molar refractivity (Wildman–Crippen MR) is 86.0 cm³/mol. The molecule has 0 amide bonds. The van der Waals surface area contributed by atoms with E-state index in [1.54, 1.807) is 11.5 Å². The standard InChI is InChI=1S/C14H18N4O4S/c1-9(2)17-7-13(15-8-17)23(21,22)16-14-10(3)5-6-12(11(14)4)18(19)20/h5-9,16H,1-4H3. The molecule has 0 saturated carbocycles. The Hall–Kier alpha value is -2.42. The molecule has 1 N–H and O–H groups in total. The normalized spacial score (nSPS) is 11.7. The molecular weight excluding hydrogens is 320 g/mol. The molecule has 1 heterocycles. The van der Waals surface area contributed by atoms with E-state index in [0.717, 1.165) is 0 Å². The van der Waals surface area contributed by atoms with Crippen LogP contribution in [0.2, 0.25) is 0 Å². The minimum absolute atomic E-state index is 0.0766. The van der Waals surface area contributed by atoms with Gasteiger partial charge >= 0.3 is 0 Å². The first-order chi connectivity index (χ1) is 10.6. The van der Waals surface area contributed by atoms with Crippen molar-refractivity contribution in [2.45, 2.75) is 38.8 Å². The van der Waals surface area contributed by atoms with Gasteiger partial charge in [-0.05, 0) is 33.3 Å². The van der Waals surface area contributed by atoms with Gasteiger partial charge in [0, 0.05) is 18.3 Å². The van der Waals surface area contributed by atoms with Crippen molar-refractivity contribution < 1.29 is 13.3 Å². The first-order valence-electron chi connectivity index (χ1n) is 6.94. The maximum atomic E-state index is 12.5. The number of rotatable bonds is 5. The Bertz CT molecular complexity index is 856. The molecule has 0 radical (unpaired) electrons. The van der Waals surface area contributed by atoms with Gasteiger partial charge in [0.25, 0.3) is 15.7 Å². The molecule has 8 nitrogen and oxygen atoms in total. The molecule has 0 fully saturated rings. The Morgan fingerprint density at radius 3 is 2.48 bits per heavy atom. The number of benzene rings is 1. The van der Waals surface area contributed by atoms with Crippen molar-refractivity contribution >= 4 is 21.4 Å². The summed E-state index contributed by atoms with van der Waals surface area (Å²) in [5, 5.41) is 10.9. The smallest absolute Gasteiger partial charge is 0.280 e. The van der Waals surface area contributed by atoms with Gasteiger partial charge in [0.15, 0.2) is 5.03 Å². The minimum Gasteiger partial charge on any atom is -0.334 e. The first-order valence-corrected chi connectivity index (χ1v) is 8.42. The zero-order valence-corrected chi connectivity index (χ0v) is 14.1. The number of anilines is 1. The number of sulfonamides is 1. The van der Waals surface area contributed by atoms with Gasteiger partial charge in [0.05, 0.1) is 22.5 Å². The summed E-state index contributed by atoms with van der Waals surface area (Å²) in [6, 6.07) is 2.94. The monoisotopic (exact) mass is 338 g/mol. The van der Waals surface area contributed by atoms with Gasteiger partial charge in [-0.25, -0.2) is 4.98 Å². The second-order valence-electron chi connectivity index (χ2n) is 5.52. The van der Waals surface area contributed by atoms with Crippen LogP contribution in [0.5, 0.6) is 0 Å². The molecule has 0 bridgehead atoms. The number of imidazole rings is 1. The topological polar surface area (TPSA) is 107 Å². The number of aromatic nitrogens is 2. The highest BCUT2D eigenvalue weighted by Crippen LogP contribution is 2.30. The molecule has 1 aromatic heterocycles. The number of hydrogen-bond donors (Lipinski definition) is 1. The maximum Gasteiger partial charge on any atom is 0.280 e. The lowest BCUT2D eigenvalue weighted by Crippen LogP contribution is -2.15. The van der Waals surface area contributed by atoms with Gasteiger partial charge in [-0.2, -0.15) is 8.42 Å². The number of nitro benzene ring substituents is 1. The Balaban J connectivity index is 2.44. The lowest BCUT2D eigenvalue weighted by atomic mass is 10.1. The number of nitrogens with zero attached hydrogens (tertiary/aromatic N) is 3. The van der Waals surface area contributed by atoms with E-state index in [1.807, 2.05) is 13.8 Å². The summed E-state index contributed by atoms with van der Waals surface area (Å²) in [5.41, 5.74) is 0.932. The van der Waals surface area contributed by atoms with Crippen molar-refractivity contribution in [2.75, 3.05) is 4.72 Å². The van der Waals surface area contributed by atoms with Crippen molar-refractivity contribution in [3.05, 3.63) is 45.9 Å². The van der Waals surface area contributed by atoms with Gasteiger partial charge in [0.1, 0.15) is 0 Å². The number of hydrogen-bond acceptors (Lipinski definition) is 5. The van der Waals surface area contributed by atoms with Gasteiger partial charge in [0.2, 0.25) is 0 Å². The molecule has 0 saturated heterocycles. The summed E-state index contributed by atoms with van der Waals surface area (Å²) in [6.45, 7) is 7.00. The van der Waals surface area contributed by atoms with E-state index in [1.165, 1.54) is 31.6 Å². The SMILES string of the molecule is Cc1ccc([N+](=O)[O-])c(C)c1NS(=O)(=O)c1cn(C(C)C)cn1. The number of nitro groups is 1. The molecule has 0 aliphatic carbocycles. The van der Waals surface area contributed by atoms with E-state index in [4.69, 9.17) is 0 Å². The Morgan fingerprint density at radius 2 is 1.96 bits per heavy atom. The second kappa shape index (κ2) is 5.99. The molecule has 2 rings (SSSR count). The van der Waals surface area contributed by atoms with Crippen LogP contribution < -0.4 is 4.72 Å². The molecule has 2 aromatic rings. The molecule has 23 heavy (non-hydrogen) atoms. The lowest BCUT2D eigenvalue weighted by molar-refractivity contribution is -0.385. The molecule has 0 atom stereocenters. The van der Waals surface area contributed by atoms with E-state index in [9.17, 15) is 18.5 Å². The number of nitrogens with one attached hydrogen (secondary N) is 1. The summed E-state index contributed by atoms with van der Waals surface area (Å²) in [5.74, 6) is 0. The quantitative estimate of drug-likeness (QED) is 0.666. The van der Waals surface area contributed by atoms with Crippen LogP contribution in [-0.4, -0.2) is 22.9 Å². The number of aryl methyl sites for hydroxylation is 1. The second-order valence-corrected chi connectivity index (χ2v) is 7.15. The van der Waals surface area contributed by atoms with Crippen LogP contribution >= 0.6 is 0 Å². The van der Waals surface area contributed by atoms with E-state index in [2.05, 4.69) is 9.71 Å². The third kappa shape index (κ3) is 3.34. The van der Waals surface area contributed by atoms with Crippen LogP contribution in [0.15, 0.2) is 29.7 Å². The predicted octanol–water partition coefficient (Wildman–Crippen LogP) is 2.79. The summed E-state index contributed by atoms with van der Waals surface area (Å²) in [7, 11) is -3.92.